The van der Waals surface area contributed by atoms with Gasteiger partial charge in [-0.05, 0) is 30.2 Å². The van der Waals surface area contributed by atoms with Gasteiger partial charge >= 0.3 is 5.97 Å². The molecule has 0 aliphatic carbocycles. The maximum absolute atomic E-state index is 13.3. The molecule has 1 aromatic carbocycles. The fraction of sp³-hybridized carbons (Fsp3) is 0.375. The van der Waals surface area contributed by atoms with Crippen LogP contribution in [0.25, 0.3) is 10.9 Å². The van der Waals surface area contributed by atoms with Crippen molar-refractivity contribution in [3.05, 3.63) is 35.8 Å². The first-order valence-electron chi connectivity index (χ1n) is 6.98. The Morgan fingerprint density at radius 3 is 2.55 bits per heavy atom. The number of methoxy groups -OCH3 is 1. The topological polar surface area (TPSA) is 60.3 Å². The van der Waals surface area contributed by atoms with Gasteiger partial charge in [0.2, 0.25) is 0 Å². The van der Waals surface area contributed by atoms with Gasteiger partial charge in [-0.25, -0.2) is 9.18 Å². The molecule has 2 aromatic rings. The summed E-state index contributed by atoms with van der Waals surface area (Å²) in [5, 5.41) is 3.30. The van der Waals surface area contributed by atoms with Crippen LogP contribution in [0.4, 0.5) is 4.39 Å². The summed E-state index contributed by atoms with van der Waals surface area (Å²) < 4.78 is 19.6. The van der Waals surface area contributed by atoms with Crippen molar-refractivity contribution in [1.82, 2.24) is 9.88 Å². The Morgan fingerprint density at radius 1 is 1.27 bits per heavy atom. The Morgan fingerprint density at radius 2 is 1.95 bits per heavy atom. The van der Waals surface area contributed by atoms with E-state index in [1.165, 1.54) is 19.2 Å². The first-order valence-corrected chi connectivity index (χ1v) is 6.98. The Balaban J connectivity index is 2.33. The number of amides is 1. The number of esters is 1. The van der Waals surface area contributed by atoms with Crippen LogP contribution in [-0.2, 0) is 16.6 Å². The summed E-state index contributed by atoms with van der Waals surface area (Å²) in [4.78, 5) is 24.2. The predicted molar refractivity (Wildman–Crippen MR) is 81.0 cm³/mol. The standard InChI is InChI=1S/C16H19FN2O3/c1-9(2)14(16(21)22-4)18-15(20)13-8-10-7-11(17)5-6-12(10)19(13)3/h5-9,14H,1-4H3,(H,18,20)/t14-/m0/s1. The second-order valence-corrected chi connectivity index (χ2v) is 5.51. The molecule has 1 N–H and O–H groups in total. The first kappa shape index (κ1) is 16.0. The van der Waals surface area contributed by atoms with Gasteiger partial charge < -0.3 is 14.6 Å². The third-order valence-electron chi connectivity index (χ3n) is 3.65. The minimum atomic E-state index is -0.729. The van der Waals surface area contributed by atoms with Gasteiger partial charge in [0, 0.05) is 18.0 Å². The van der Waals surface area contributed by atoms with Gasteiger partial charge in [-0.3, -0.25) is 4.79 Å². The molecule has 22 heavy (non-hydrogen) atoms. The monoisotopic (exact) mass is 306 g/mol. The number of hydrogen-bond acceptors (Lipinski definition) is 3. The molecule has 0 aliphatic heterocycles. The molecule has 0 spiro atoms. The zero-order valence-electron chi connectivity index (χ0n) is 13.0. The van der Waals surface area contributed by atoms with Crippen LogP contribution in [0.15, 0.2) is 24.3 Å². The normalized spacial score (nSPS) is 12.5. The molecule has 0 radical (unpaired) electrons. The van der Waals surface area contributed by atoms with Crippen molar-refractivity contribution in [1.29, 1.82) is 0 Å². The Hall–Kier alpha value is -2.37. The molecule has 0 saturated carbocycles. The number of benzene rings is 1. The van der Waals surface area contributed by atoms with Crippen molar-refractivity contribution < 1.29 is 18.7 Å². The Kier molecular flexibility index (Phi) is 4.49. The van der Waals surface area contributed by atoms with Crippen molar-refractivity contribution >= 4 is 22.8 Å². The average molecular weight is 306 g/mol. The zero-order chi connectivity index (χ0) is 16.4. The number of aromatic nitrogens is 1. The second kappa shape index (κ2) is 6.17. The zero-order valence-corrected chi connectivity index (χ0v) is 13.0. The number of carbonyl (C=O) groups excluding carboxylic acids is 2. The van der Waals surface area contributed by atoms with E-state index in [2.05, 4.69) is 5.32 Å². The summed E-state index contributed by atoms with van der Waals surface area (Å²) >= 11 is 0. The van der Waals surface area contributed by atoms with Gasteiger partial charge in [0.25, 0.3) is 5.91 Å². The number of rotatable bonds is 4. The van der Waals surface area contributed by atoms with Crippen LogP contribution in [0.1, 0.15) is 24.3 Å². The summed E-state index contributed by atoms with van der Waals surface area (Å²) in [7, 11) is 3.00. The lowest BCUT2D eigenvalue weighted by Crippen LogP contribution is -2.45. The number of fused-ring (bicyclic) bond motifs is 1. The summed E-state index contributed by atoms with van der Waals surface area (Å²) in [6, 6.07) is 5.19. The van der Waals surface area contributed by atoms with Crippen molar-refractivity contribution in [3.8, 4) is 0 Å². The molecule has 6 heteroatoms. The van der Waals surface area contributed by atoms with Gasteiger partial charge in [0.15, 0.2) is 0 Å². The first-order chi connectivity index (χ1) is 10.3. The number of nitrogens with zero attached hydrogens (tertiary/aromatic N) is 1. The number of carbonyl (C=O) groups is 2. The van der Waals surface area contributed by atoms with Gasteiger partial charge in [0.05, 0.1) is 7.11 Å². The van der Waals surface area contributed by atoms with E-state index in [1.807, 2.05) is 13.8 Å². The molecule has 1 atom stereocenters. The van der Waals surface area contributed by atoms with Crippen LogP contribution in [-0.4, -0.2) is 29.6 Å². The number of halogens is 1. The maximum atomic E-state index is 13.3. The summed E-state index contributed by atoms with van der Waals surface area (Å²) in [6.45, 7) is 3.64. The quantitative estimate of drug-likeness (QED) is 0.881. The minimum Gasteiger partial charge on any atom is -0.467 e. The molecular weight excluding hydrogens is 287 g/mol. The van der Waals surface area contributed by atoms with Crippen LogP contribution in [0, 0.1) is 11.7 Å². The van der Waals surface area contributed by atoms with Crippen LogP contribution >= 0.6 is 0 Å². The second-order valence-electron chi connectivity index (χ2n) is 5.51. The van der Waals surface area contributed by atoms with E-state index in [4.69, 9.17) is 4.74 Å². The molecule has 0 bridgehead atoms. The molecule has 0 fully saturated rings. The largest absolute Gasteiger partial charge is 0.467 e. The van der Waals surface area contributed by atoms with E-state index in [0.717, 1.165) is 5.52 Å². The molecule has 0 aliphatic rings. The van der Waals surface area contributed by atoms with Crippen LogP contribution < -0.4 is 5.32 Å². The fourth-order valence-corrected chi connectivity index (χ4v) is 2.38. The third kappa shape index (κ3) is 2.95. The number of aryl methyl sites for hydroxylation is 1. The lowest BCUT2D eigenvalue weighted by atomic mass is 10.0. The average Bonchev–Trinajstić information content (AvgIpc) is 2.79. The van der Waals surface area contributed by atoms with Gasteiger partial charge in [-0.15, -0.1) is 0 Å². The lowest BCUT2D eigenvalue weighted by Gasteiger charge is -2.19. The highest BCUT2D eigenvalue weighted by Gasteiger charge is 2.26. The highest BCUT2D eigenvalue weighted by Crippen LogP contribution is 2.20. The van der Waals surface area contributed by atoms with E-state index < -0.39 is 17.9 Å². The lowest BCUT2D eigenvalue weighted by molar-refractivity contribution is -0.144. The number of hydrogen-bond donors (Lipinski definition) is 1. The van der Waals surface area contributed by atoms with E-state index >= 15 is 0 Å². The SMILES string of the molecule is COC(=O)[C@@H](NC(=O)c1cc2cc(F)ccc2n1C)C(C)C. The van der Waals surface area contributed by atoms with Crippen LogP contribution in [0.3, 0.4) is 0 Å². The van der Waals surface area contributed by atoms with Crippen molar-refractivity contribution in [3.63, 3.8) is 0 Å². The van der Waals surface area contributed by atoms with Gasteiger partial charge in [-0.1, -0.05) is 13.8 Å². The van der Waals surface area contributed by atoms with E-state index in [1.54, 1.807) is 23.7 Å². The summed E-state index contributed by atoms with van der Waals surface area (Å²) in [6.07, 6.45) is 0. The van der Waals surface area contributed by atoms with Crippen LogP contribution in [0.2, 0.25) is 0 Å². The van der Waals surface area contributed by atoms with E-state index in [9.17, 15) is 14.0 Å². The van der Waals surface area contributed by atoms with Gasteiger partial charge in [0.1, 0.15) is 17.6 Å². The predicted octanol–water partition coefficient (Wildman–Crippen LogP) is 2.24. The van der Waals surface area contributed by atoms with Crippen molar-refractivity contribution in [2.45, 2.75) is 19.9 Å². The van der Waals surface area contributed by atoms with Gasteiger partial charge in [-0.2, -0.15) is 0 Å². The maximum Gasteiger partial charge on any atom is 0.328 e. The number of ether oxygens (including phenoxy) is 1. The summed E-state index contributed by atoms with van der Waals surface area (Å²) in [5.41, 5.74) is 1.10. The molecule has 1 heterocycles. The highest BCUT2D eigenvalue weighted by atomic mass is 19.1. The molecule has 118 valence electrons. The van der Waals surface area contributed by atoms with Crippen LogP contribution in [0.5, 0.6) is 0 Å². The summed E-state index contributed by atoms with van der Waals surface area (Å²) in [5.74, 6) is -1.36. The Bertz CT molecular complexity index is 721. The third-order valence-corrected chi connectivity index (χ3v) is 3.65. The smallest absolute Gasteiger partial charge is 0.328 e. The molecular formula is C16H19FN2O3. The van der Waals surface area contributed by atoms with E-state index in [0.29, 0.717) is 11.1 Å². The fourth-order valence-electron chi connectivity index (χ4n) is 2.38. The van der Waals surface area contributed by atoms with Crippen molar-refractivity contribution in [2.24, 2.45) is 13.0 Å². The molecule has 0 unspecified atom stereocenters. The molecule has 2 rings (SSSR count). The Labute approximate surface area is 128 Å². The molecule has 5 nitrogen and oxygen atoms in total. The number of nitrogens with one attached hydrogen (secondary N) is 1. The molecule has 1 aromatic heterocycles. The highest BCUT2D eigenvalue weighted by molar-refractivity contribution is 6.00. The van der Waals surface area contributed by atoms with Crippen molar-refractivity contribution in [2.75, 3.05) is 7.11 Å². The molecule has 0 saturated heterocycles. The molecule has 1 amide bonds. The minimum absolute atomic E-state index is 0.108. The van der Waals surface area contributed by atoms with E-state index in [-0.39, 0.29) is 11.7 Å².